The topological polar surface area (TPSA) is 86.7 Å². The number of carbonyl (C=O) groups is 1. The highest BCUT2D eigenvalue weighted by Crippen LogP contribution is 2.03. The monoisotopic (exact) mass is 189 g/mol. The predicted octanol–water partition coefficient (Wildman–Crippen LogP) is -0.0562. The minimum Gasteiger partial charge on any atom is -0.366 e. The van der Waals surface area contributed by atoms with Gasteiger partial charge in [-0.25, -0.2) is 0 Å². The van der Waals surface area contributed by atoms with Crippen molar-refractivity contribution in [3.63, 3.8) is 0 Å². The van der Waals surface area contributed by atoms with Gasteiger partial charge in [-0.2, -0.15) is 0 Å². The van der Waals surface area contributed by atoms with Gasteiger partial charge in [0.2, 0.25) is 5.95 Å². The van der Waals surface area contributed by atoms with Gasteiger partial charge >= 0.3 is 0 Å². The minimum absolute atomic E-state index is 0.0150. The van der Waals surface area contributed by atoms with Crippen LogP contribution in [0, 0.1) is 0 Å². The highest BCUT2D eigenvalue weighted by atomic mass is 16.2. The van der Waals surface area contributed by atoms with E-state index >= 15 is 0 Å². The lowest BCUT2D eigenvalue weighted by atomic mass is 10.2. The highest BCUT2D eigenvalue weighted by Gasteiger charge is 2.12. The molecule has 14 heavy (non-hydrogen) atoms. The van der Waals surface area contributed by atoms with Gasteiger partial charge < -0.3 is 5.73 Å². The Kier molecular flexibility index (Phi) is 1.94. The first kappa shape index (κ1) is 8.36. The number of aromatic nitrogens is 4. The molecule has 1 heterocycles. The average Bonchev–Trinajstić information content (AvgIpc) is 2.65. The third-order valence-corrected chi connectivity index (χ3v) is 1.71. The van der Waals surface area contributed by atoms with Gasteiger partial charge in [-0.3, -0.25) is 4.79 Å². The van der Waals surface area contributed by atoms with Crippen molar-refractivity contribution in [3.05, 3.63) is 35.9 Å². The molecule has 6 heteroatoms. The number of tetrazole rings is 1. The van der Waals surface area contributed by atoms with Gasteiger partial charge in [0.1, 0.15) is 0 Å². The Morgan fingerprint density at radius 1 is 1.29 bits per heavy atom. The van der Waals surface area contributed by atoms with Crippen molar-refractivity contribution in [1.29, 1.82) is 0 Å². The summed E-state index contributed by atoms with van der Waals surface area (Å²) in [4.78, 5) is 11.7. The molecule has 2 aromatic rings. The molecule has 0 amide bonds. The number of nitrogens with zero attached hydrogens (tertiary/aromatic N) is 4. The molecule has 0 aliphatic carbocycles. The molecule has 0 spiro atoms. The van der Waals surface area contributed by atoms with Crippen molar-refractivity contribution in [2.45, 2.75) is 0 Å². The van der Waals surface area contributed by atoms with Crippen molar-refractivity contribution in [1.82, 2.24) is 20.2 Å². The maximum absolute atomic E-state index is 11.7. The lowest BCUT2D eigenvalue weighted by Gasteiger charge is -1.98. The van der Waals surface area contributed by atoms with Crippen LogP contribution in [0.1, 0.15) is 10.4 Å². The second-order valence-electron chi connectivity index (χ2n) is 2.62. The van der Waals surface area contributed by atoms with E-state index in [1.165, 1.54) is 0 Å². The summed E-state index contributed by atoms with van der Waals surface area (Å²) >= 11 is 0. The summed E-state index contributed by atoms with van der Waals surface area (Å²) in [6, 6.07) is 8.67. The maximum atomic E-state index is 11.7. The van der Waals surface area contributed by atoms with Crippen molar-refractivity contribution >= 4 is 11.9 Å². The van der Waals surface area contributed by atoms with E-state index < -0.39 is 0 Å². The van der Waals surface area contributed by atoms with Crippen LogP contribution in [0.25, 0.3) is 0 Å². The molecular formula is C8H7N5O. The third-order valence-electron chi connectivity index (χ3n) is 1.71. The molecule has 0 radical (unpaired) electrons. The fourth-order valence-corrected chi connectivity index (χ4v) is 1.04. The Bertz CT molecular complexity index is 450. The van der Waals surface area contributed by atoms with Crippen molar-refractivity contribution < 1.29 is 4.79 Å². The van der Waals surface area contributed by atoms with Crippen LogP contribution < -0.4 is 5.73 Å². The second kappa shape index (κ2) is 3.25. The van der Waals surface area contributed by atoms with Crippen molar-refractivity contribution in [2.24, 2.45) is 0 Å². The number of benzene rings is 1. The maximum Gasteiger partial charge on any atom is 0.282 e. The fraction of sp³-hybridized carbons (Fsp3) is 0. The molecular weight excluding hydrogens is 182 g/mol. The molecule has 6 nitrogen and oxygen atoms in total. The first-order valence-electron chi connectivity index (χ1n) is 3.92. The standard InChI is InChI=1S/C8H7N5O/c9-8-10-11-12-13(8)7(14)6-4-2-1-3-5-6/h1-5H,(H2,9,10,12). The molecule has 1 aromatic heterocycles. The molecule has 70 valence electrons. The highest BCUT2D eigenvalue weighted by molar-refractivity contribution is 5.96. The molecule has 0 saturated carbocycles. The molecule has 0 saturated heterocycles. The van der Waals surface area contributed by atoms with Gasteiger partial charge in [-0.05, 0) is 22.6 Å². The lowest BCUT2D eigenvalue weighted by molar-refractivity contribution is 0.0945. The van der Waals surface area contributed by atoms with E-state index in [0.29, 0.717) is 5.56 Å². The average molecular weight is 189 g/mol. The zero-order valence-electron chi connectivity index (χ0n) is 7.16. The molecule has 0 aliphatic heterocycles. The number of anilines is 1. The Hall–Kier alpha value is -2.24. The van der Waals surface area contributed by atoms with Crippen LogP contribution in [-0.2, 0) is 0 Å². The summed E-state index contributed by atoms with van der Waals surface area (Å²) in [5, 5.41) is 10.2. The fourth-order valence-electron chi connectivity index (χ4n) is 1.04. The number of nitrogen functional groups attached to an aromatic ring is 1. The predicted molar refractivity (Wildman–Crippen MR) is 48.4 cm³/mol. The Labute approximate surface area is 79.3 Å². The SMILES string of the molecule is Nc1nnnn1C(=O)c1ccccc1. The molecule has 0 fully saturated rings. The van der Waals surface area contributed by atoms with Crippen LogP contribution in [0.4, 0.5) is 5.95 Å². The first-order chi connectivity index (χ1) is 6.79. The Balaban J connectivity index is 2.39. The van der Waals surface area contributed by atoms with Crippen LogP contribution in [0.3, 0.4) is 0 Å². The normalized spacial score (nSPS) is 10.0. The molecule has 0 bridgehead atoms. The van der Waals surface area contributed by atoms with Crippen LogP contribution >= 0.6 is 0 Å². The van der Waals surface area contributed by atoms with E-state index in [1.807, 2.05) is 6.07 Å². The number of rotatable bonds is 1. The summed E-state index contributed by atoms with van der Waals surface area (Å²) in [7, 11) is 0. The zero-order valence-corrected chi connectivity index (χ0v) is 7.16. The van der Waals surface area contributed by atoms with Crippen molar-refractivity contribution in [3.8, 4) is 0 Å². The lowest BCUT2D eigenvalue weighted by Crippen LogP contribution is -2.16. The van der Waals surface area contributed by atoms with E-state index in [4.69, 9.17) is 5.73 Å². The smallest absolute Gasteiger partial charge is 0.282 e. The van der Waals surface area contributed by atoms with Crippen LogP contribution in [0.15, 0.2) is 30.3 Å². The molecule has 2 rings (SSSR count). The number of nitrogens with two attached hydrogens (primary N) is 1. The minimum atomic E-state index is -0.340. The number of hydrogen-bond acceptors (Lipinski definition) is 5. The van der Waals surface area contributed by atoms with Gasteiger partial charge in [0, 0.05) is 5.56 Å². The zero-order chi connectivity index (χ0) is 9.97. The van der Waals surface area contributed by atoms with Gasteiger partial charge in [0.25, 0.3) is 5.91 Å². The van der Waals surface area contributed by atoms with Gasteiger partial charge in [-0.1, -0.05) is 23.3 Å². The molecule has 2 N–H and O–H groups in total. The van der Waals surface area contributed by atoms with Gasteiger partial charge in [-0.15, -0.1) is 4.68 Å². The summed E-state index contributed by atoms with van der Waals surface area (Å²) in [5.74, 6) is -0.355. The van der Waals surface area contributed by atoms with Gasteiger partial charge in [0.05, 0.1) is 0 Å². The Morgan fingerprint density at radius 3 is 2.57 bits per heavy atom. The summed E-state index contributed by atoms with van der Waals surface area (Å²) in [5.41, 5.74) is 5.88. The Morgan fingerprint density at radius 2 is 2.00 bits per heavy atom. The van der Waals surface area contributed by atoms with Gasteiger partial charge in [0.15, 0.2) is 0 Å². The van der Waals surface area contributed by atoms with E-state index in [0.717, 1.165) is 4.68 Å². The second-order valence-corrected chi connectivity index (χ2v) is 2.62. The largest absolute Gasteiger partial charge is 0.366 e. The van der Waals surface area contributed by atoms with Crippen LogP contribution in [0.5, 0.6) is 0 Å². The molecule has 0 unspecified atom stereocenters. The quantitative estimate of drug-likeness (QED) is 0.635. The number of hydrogen-bond donors (Lipinski definition) is 1. The number of carbonyl (C=O) groups excluding carboxylic acids is 1. The van der Waals surface area contributed by atoms with Crippen LogP contribution in [0.2, 0.25) is 0 Å². The van der Waals surface area contributed by atoms with E-state index in [9.17, 15) is 4.79 Å². The van der Waals surface area contributed by atoms with E-state index in [-0.39, 0.29) is 11.9 Å². The third kappa shape index (κ3) is 1.33. The molecule has 1 aromatic carbocycles. The van der Waals surface area contributed by atoms with E-state index in [1.54, 1.807) is 24.3 Å². The van der Waals surface area contributed by atoms with Crippen LogP contribution in [-0.4, -0.2) is 26.1 Å². The molecule has 0 aliphatic rings. The molecule has 0 atom stereocenters. The van der Waals surface area contributed by atoms with E-state index in [2.05, 4.69) is 15.5 Å². The van der Waals surface area contributed by atoms with Crippen molar-refractivity contribution in [2.75, 3.05) is 5.73 Å². The first-order valence-corrected chi connectivity index (χ1v) is 3.92. The summed E-state index contributed by atoms with van der Waals surface area (Å²) in [6.07, 6.45) is 0. The summed E-state index contributed by atoms with van der Waals surface area (Å²) in [6.45, 7) is 0. The summed E-state index contributed by atoms with van der Waals surface area (Å²) < 4.78 is 0.954.